The number of aromatic nitrogens is 1. The van der Waals surface area contributed by atoms with Crippen molar-refractivity contribution < 1.29 is 9.79 Å². The molecule has 0 spiro atoms. The molecule has 1 aliphatic carbocycles. The molecule has 31 heavy (non-hydrogen) atoms. The van der Waals surface area contributed by atoms with E-state index in [9.17, 15) is 9.59 Å². The van der Waals surface area contributed by atoms with Gasteiger partial charge in [-0.3, -0.25) is 19.9 Å². The van der Waals surface area contributed by atoms with Crippen molar-refractivity contribution in [3.05, 3.63) is 106 Å². The highest BCUT2D eigenvalue weighted by Gasteiger charge is 2.31. The zero-order valence-corrected chi connectivity index (χ0v) is 17.2. The summed E-state index contributed by atoms with van der Waals surface area (Å²) >= 11 is 6.24. The zero-order valence-electron chi connectivity index (χ0n) is 16.4. The molecule has 0 saturated heterocycles. The normalized spacial score (nSPS) is 19.5. The molecule has 2 heterocycles. The van der Waals surface area contributed by atoms with Gasteiger partial charge in [-0.05, 0) is 42.0 Å². The molecule has 152 valence electrons. The van der Waals surface area contributed by atoms with E-state index in [0.717, 1.165) is 16.8 Å². The van der Waals surface area contributed by atoms with Gasteiger partial charge in [0.05, 0.1) is 5.56 Å². The van der Waals surface area contributed by atoms with Gasteiger partial charge in [-0.2, -0.15) is 0 Å². The number of fused-ring (bicyclic) bond motifs is 2. The van der Waals surface area contributed by atoms with Gasteiger partial charge < -0.3 is 4.98 Å². The second-order valence-electron chi connectivity index (χ2n) is 7.48. The lowest BCUT2D eigenvalue weighted by atomic mass is 9.94. The summed E-state index contributed by atoms with van der Waals surface area (Å²) in [4.78, 5) is 32.3. The average molecular weight is 429 g/mol. The van der Waals surface area contributed by atoms with Crippen LogP contribution >= 0.6 is 11.6 Å². The van der Waals surface area contributed by atoms with E-state index in [4.69, 9.17) is 11.6 Å². The Labute approximate surface area is 183 Å². The third-order valence-corrected chi connectivity index (χ3v) is 5.70. The fourth-order valence-electron chi connectivity index (χ4n) is 4.03. The Morgan fingerprint density at radius 1 is 1.06 bits per heavy atom. The molecule has 3 N–H and O–H groups in total. The van der Waals surface area contributed by atoms with Crippen molar-refractivity contribution in [1.82, 2.24) is 10.3 Å². The van der Waals surface area contributed by atoms with Crippen molar-refractivity contribution in [2.24, 2.45) is 0 Å². The van der Waals surface area contributed by atoms with Gasteiger partial charge in [0, 0.05) is 27.6 Å². The molecule has 2 aromatic carbocycles. The van der Waals surface area contributed by atoms with Gasteiger partial charge in [-0.1, -0.05) is 54.1 Å². The molecular formula is C25H19ClN3O2+. The maximum absolute atomic E-state index is 13.2. The van der Waals surface area contributed by atoms with Gasteiger partial charge in [0.25, 0.3) is 11.4 Å². The van der Waals surface area contributed by atoms with Crippen LogP contribution in [0.5, 0.6) is 0 Å². The molecule has 6 heteroatoms. The second kappa shape index (κ2) is 7.85. The summed E-state index contributed by atoms with van der Waals surface area (Å²) in [6.07, 6.45) is 11.2. The Kier molecular flexibility index (Phi) is 4.88. The van der Waals surface area contributed by atoms with Gasteiger partial charge in [0.2, 0.25) is 0 Å². The zero-order chi connectivity index (χ0) is 21.4. The van der Waals surface area contributed by atoms with Gasteiger partial charge in [0.1, 0.15) is 0 Å². The van der Waals surface area contributed by atoms with Crippen LogP contribution in [-0.4, -0.2) is 28.7 Å². The first kappa shape index (κ1) is 19.3. The molecule has 3 aromatic rings. The van der Waals surface area contributed by atoms with Crippen LogP contribution in [0.2, 0.25) is 5.02 Å². The van der Waals surface area contributed by atoms with Crippen LogP contribution < -0.4 is 15.9 Å². The number of aromatic amines is 1. The van der Waals surface area contributed by atoms with Gasteiger partial charge in [-0.15, -0.1) is 0 Å². The van der Waals surface area contributed by atoms with Crippen molar-refractivity contribution in [1.29, 1.82) is 0 Å². The lowest BCUT2D eigenvalue weighted by molar-refractivity contribution is -0.478. The number of amidine groups is 1. The minimum atomic E-state index is -0.430. The SMILES string of the molecule is O=C(/C=C/C1=[NH+][C@H]2C=CC=C[C@@H]2N1)c1c(-c2ccccc2)c2cc(Cl)ccc2[nH]c1=O. The molecule has 0 radical (unpaired) electrons. The van der Waals surface area contributed by atoms with E-state index >= 15 is 0 Å². The number of rotatable bonds is 4. The van der Waals surface area contributed by atoms with Crippen LogP contribution in [0.3, 0.4) is 0 Å². The Balaban J connectivity index is 1.60. The van der Waals surface area contributed by atoms with Crippen LogP contribution in [0, 0.1) is 0 Å². The molecule has 0 amide bonds. The van der Waals surface area contributed by atoms with Gasteiger partial charge >= 0.3 is 0 Å². The lowest BCUT2D eigenvalue weighted by Gasteiger charge is -2.11. The van der Waals surface area contributed by atoms with Crippen LogP contribution in [0.4, 0.5) is 0 Å². The average Bonchev–Trinajstić information content (AvgIpc) is 3.20. The van der Waals surface area contributed by atoms with Crippen molar-refractivity contribution in [2.75, 3.05) is 0 Å². The first-order chi connectivity index (χ1) is 15.1. The maximum Gasteiger partial charge on any atom is 0.268 e. The molecule has 5 nitrogen and oxygen atoms in total. The number of carbonyl (C=O) groups is 1. The third kappa shape index (κ3) is 3.64. The van der Waals surface area contributed by atoms with E-state index in [0.29, 0.717) is 16.1 Å². The van der Waals surface area contributed by atoms with E-state index in [1.807, 2.05) is 42.5 Å². The Bertz CT molecular complexity index is 1370. The molecule has 0 bridgehead atoms. The van der Waals surface area contributed by atoms with Crippen molar-refractivity contribution in [3.63, 3.8) is 0 Å². The number of pyridine rings is 1. The Morgan fingerprint density at radius 2 is 1.87 bits per heavy atom. The summed E-state index contributed by atoms with van der Waals surface area (Å²) in [5.74, 6) is 0.361. The molecule has 2 aliphatic rings. The first-order valence-corrected chi connectivity index (χ1v) is 10.4. The summed E-state index contributed by atoms with van der Waals surface area (Å²) in [7, 11) is 0. The lowest BCUT2D eigenvalue weighted by Crippen LogP contribution is -2.77. The minimum Gasteiger partial charge on any atom is -0.321 e. The van der Waals surface area contributed by atoms with Crippen LogP contribution in [0.25, 0.3) is 22.0 Å². The predicted molar refractivity (Wildman–Crippen MR) is 123 cm³/mol. The summed E-state index contributed by atoms with van der Waals surface area (Å²) in [5, 5.41) is 4.58. The molecule has 1 aromatic heterocycles. The molecular weight excluding hydrogens is 410 g/mol. The Hall–Kier alpha value is -3.70. The standard InChI is InChI=1S/C25H18ClN3O2/c26-16-10-11-18-17(14-16)23(15-6-2-1-3-7-15)24(25(31)29-18)21(30)12-13-22-27-19-8-4-5-9-20(19)28-22/h1-14,19-20H,(H,27,28)(H,29,31)/p+1/b13-12+/t19-,20-/m0/s1. The Morgan fingerprint density at radius 3 is 2.68 bits per heavy atom. The number of halogens is 1. The van der Waals surface area contributed by atoms with Crippen LogP contribution in [-0.2, 0) is 0 Å². The molecule has 0 unspecified atom stereocenters. The number of hydrogen-bond donors (Lipinski definition) is 3. The van der Waals surface area contributed by atoms with Crippen molar-refractivity contribution in [3.8, 4) is 11.1 Å². The largest absolute Gasteiger partial charge is 0.321 e. The number of carbonyl (C=O) groups excluding carboxylic acids is 1. The first-order valence-electron chi connectivity index (χ1n) is 9.98. The van der Waals surface area contributed by atoms with Gasteiger partial charge in [-0.25, -0.2) is 0 Å². The summed E-state index contributed by atoms with van der Waals surface area (Å²) in [6.45, 7) is 0. The number of nitrogens with one attached hydrogen (secondary N) is 3. The van der Waals surface area contributed by atoms with Crippen LogP contribution in [0.1, 0.15) is 10.4 Å². The summed E-state index contributed by atoms with van der Waals surface area (Å²) in [5.41, 5.74) is 1.65. The van der Waals surface area contributed by atoms with E-state index in [1.54, 1.807) is 24.3 Å². The number of benzene rings is 2. The second-order valence-corrected chi connectivity index (χ2v) is 7.92. The van der Waals surface area contributed by atoms with E-state index in [2.05, 4.69) is 27.4 Å². The quantitative estimate of drug-likeness (QED) is 0.441. The smallest absolute Gasteiger partial charge is 0.268 e. The van der Waals surface area contributed by atoms with Crippen molar-refractivity contribution >= 4 is 34.1 Å². The van der Waals surface area contributed by atoms with Gasteiger partial charge in [0.15, 0.2) is 17.9 Å². The fourth-order valence-corrected chi connectivity index (χ4v) is 4.20. The van der Waals surface area contributed by atoms with E-state index in [-0.39, 0.29) is 23.4 Å². The highest BCUT2D eigenvalue weighted by atomic mass is 35.5. The fraction of sp³-hybridized carbons (Fsp3) is 0.0800. The molecule has 5 rings (SSSR count). The third-order valence-electron chi connectivity index (χ3n) is 5.47. The van der Waals surface area contributed by atoms with E-state index in [1.165, 1.54) is 6.08 Å². The maximum atomic E-state index is 13.2. The predicted octanol–water partition coefficient (Wildman–Crippen LogP) is 2.53. The molecule has 0 saturated carbocycles. The molecule has 1 aliphatic heterocycles. The molecule has 0 fully saturated rings. The monoisotopic (exact) mass is 428 g/mol. The van der Waals surface area contributed by atoms with Crippen LogP contribution in [0.15, 0.2) is 89.8 Å². The minimum absolute atomic E-state index is 0.0908. The highest BCUT2D eigenvalue weighted by molar-refractivity contribution is 6.31. The summed E-state index contributed by atoms with van der Waals surface area (Å²) < 4.78 is 0. The topological polar surface area (TPSA) is 75.9 Å². The number of hydrogen-bond acceptors (Lipinski definition) is 3. The number of ketones is 1. The highest BCUT2D eigenvalue weighted by Crippen LogP contribution is 2.31. The van der Waals surface area contributed by atoms with Crippen molar-refractivity contribution in [2.45, 2.75) is 12.1 Å². The molecule has 2 atom stereocenters. The van der Waals surface area contributed by atoms with E-state index < -0.39 is 5.56 Å². The summed E-state index contributed by atoms with van der Waals surface area (Å²) in [6, 6.07) is 14.9. The number of H-pyrrole nitrogens is 1. The number of allylic oxidation sites excluding steroid dienone is 3.